The van der Waals surface area contributed by atoms with Crippen molar-refractivity contribution in [2.45, 2.75) is 32.5 Å². The van der Waals surface area contributed by atoms with Crippen LogP contribution in [0.4, 0.5) is 30.6 Å². The van der Waals surface area contributed by atoms with Gasteiger partial charge in [-0.2, -0.15) is 18.2 Å². The quantitative estimate of drug-likeness (QED) is 0.694. The van der Waals surface area contributed by atoms with Gasteiger partial charge in [-0.15, -0.1) is 0 Å². The van der Waals surface area contributed by atoms with Crippen LogP contribution in [0.1, 0.15) is 26.0 Å². The standard InChI is InChI=1S/C15H15Cl2F3N4/c1-3-8(2)21-14-23-11(15(18,19)20)7-12(24-14)22-10-6-4-5-9(16)13(10)17/h4-8H,3H2,1-2H3,(H2,21,22,23,24)/t8-/m0/s1. The van der Waals surface area contributed by atoms with Crippen LogP contribution in [0, 0.1) is 0 Å². The smallest absolute Gasteiger partial charge is 0.352 e. The SMILES string of the molecule is CC[C@H](C)Nc1nc(Nc2cccc(Cl)c2Cl)cc(C(F)(F)F)n1. The largest absolute Gasteiger partial charge is 0.433 e. The summed E-state index contributed by atoms with van der Waals surface area (Å²) in [6.45, 7) is 3.72. The molecule has 0 aliphatic heterocycles. The van der Waals surface area contributed by atoms with Crippen LogP contribution in [0.3, 0.4) is 0 Å². The van der Waals surface area contributed by atoms with Gasteiger partial charge in [-0.1, -0.05) is 36.2 Å². The van der Waals surface area contributed by atoms with E-state index in [1.54, 1.807) is 18.2 Å². The molecular weight excluding hydrogens is 364 g/mol. The zero-order chi connectivity index (χ0) is 17.9. The molecule has 130 valence electrons. The first-order valence-corrected chi connectivity index (χ1v) is 7.90. The van der Waals surface area contributed by atoms with Crippen LogP contribution in [0.2, 0.25) is 10.0 Å². The Labute approximate surface area is 147 Å². The van der Waals surface area contributed by atoms with Crippen LogP contribution in [0.25, 0.3) is 0 Å². The Hall–Kier alpha value is -1.73. The van der Waals surface area contributed by atoms with E-state index in [9.17, 15) is 13.2 Å². The molecule has 0 saturated carbocycles. The maximum Gasteiger partial charge on any atom is 0.433 e. The highest BCUT2D eigenvalue weighted by molar-refractivity contribution is 6.43. The number of alkyl halides is 3. The highest BCUT2D eigenvalue weighted by atomic mass is 35.5. The van der Waals surface area contributed by atoms with E-state index in [1.807, 2.05) is 13.8 Å². The topological polar surface area (TPSA) is 49.8 Å². The fourth-order valence-electron chi connectivity index (χ4n) is 1.78. The molecule has 0 unspecified atom stereocenters. The van der Waals surface area contributed by atoms with Crippen LogP contribution in [-0.2, 0) is 6.18 Å². The molecule has 2 aromatic rings. The molecule has 0 saturated heterocycles. The summed E-state index contributed by atoms with van der Waals surface area (Å²) in [5.41, 5.74) is -0.700. The van der Waals surface area contributed by atoms with E-state index in [1.165, 1.54) is 0 Å². The Kier molecular flexibility index (Phi) is 5.77. The maximum absolute atomic E-state index is 13.1. The van der Waals surface area contributed by atoms with Crippen molar-refractivity contribution in [1.29, 1.82) is 0 Å². The van der Waals surface area contributed by atoms with Crippen molar-refractivity contribution in [3.8, 4) is 0 Å². The molecule has 24 heavy (non-hydrogen) atoms. The lowest BCUT2D eigenvalue weighted by atomic mass is 10.3. The van der Waals surface area contributed by atoms with Gasteiger partial charge in [0.2, 0.25) is 5.95 Å². The Morgan fingerprint density at radius 2 is 1.92 bits per heavy atom. The molecule has 2 rings (SSSR count). The van der Waals surface area contributed by atoms with Gasteiger partial charge in [0.05, 0.1) is 15.7 Å². The Bertz CT molecular complexity index is 722. The van der Waals surface area contributed by atoms with Gasteiger partial charge < -0.3 is 10.6 Å². The molecule has 0 aliphatic carbocycles. The number of anilines is 3. The first-order chi connectivity index (χ1) is 11.2. The minimum Gasteiger partial charge on any atom is -0.352 e. The van der Waals surface area contributed by atoms with Crippen molar-refractivity contribution >= 4 is 40.7 Å². The third-order valence-corrected chi connectivity index (χ3v) is 4.04. The first kappa shape index (κ1) is 18.6. The third kappa shape index (κ3) is 4.64. The number of rotatable bonds is 5. The minimum absolute atomic E-state index is 0.0349. The van der Waals surface area contributed by atoms with Crippen molar-refractivity contribution in [1.82, 2.24) is 9.97 Å². The summed E-state index contributed by atoms with van der Waals surface area (Å²) in [4.78, 5) is 7.59. The van der Waals surface area contributed by atoms with Gasteiger partial charge in [0.25, 0.3) is 0 Å². The number of hydrogen-bond acceptors (Lipinski definition) is 4. The molecule has 0 amide bonds. The van der Waals surface area contributed by atoms with Gasteiger partial charge in [0.15, 0.2) is 5.69 Å². The molecule has 0 radical (unpaired) electrons. The molecule has 0 fully saturated rings. The van der Waals surface area contributed by atoms with E-state index < -0.39 is 11.9 Å². The fourth-order valence-corrected chi connectivity index (χ4v) is 2.13. The molecule has 1 heterocycles. The van der Waals surface area contributed by atoms with Crippen molar-refractivity contribution in [3.05, 3.63) is 40.0 Å². The van der Waals surface area contributed by atoms with Crippen molar-refractivity contribution in [2.24, 2.45) is 0 Å². The van der Waals surface area contributed by atoms with Crippen molar-refractivity contribution < 1.29 is 13.2 Å². The van der Waals surface area contributed by atoms with Crippen molar-refractivity contribution in [2.75, 3.05) is 10.6 Å². The number of benzene rings is 1. The summed E-state index contributed by atoms with van der Waals surface area (Å²) in [6, 6.07) is 5.54. The van der Waals surface area contributed by atoms with E-state index in [0.717, 1.165) is 6.07 Å². The normalized spacial score (nSPS) is 12.8. The number of nitrogens with one attached hydrogen (secondary N) is 2. The van der Waals surface area contributed by atoms with Crippen LogP contribution >= 0.6 is 23.2 Å². The van der Waals surface area contributed by atoms with Gasteiger partial charge in [-0.05, 0) is 25.5 Å². The number of hydrogen-bond donors (Lipinski definition) is 2. The summed E-state index contributed by atoms with van der Waals surface area (Å²) in [5, 5.41) is 6.06. The first-order valence-electron chi connectivity index (χ1n) is 7.14. The lowest BCUT2D eigenvalue weighted by Gasteiger charge is -2.16. The zero-order valence-electron chi connectivity index (χ0n) is 12.9. The molecule has 0 bridgehead atoms. The number of halogens is 5. The second kappa shape index (κ2) is 7.44. The third-order valence-electron chi connectivity index (χ3n) is 3.22. The van der Waals surface area contributed by atoms with E-state index in [0.29, 0.717) is 12.1 Å². The summed E-state index contributed by atoms with van der Waals surface area (Å²) >= 11 is 11.9. The summed E-state index contributed by atoms with van der Waals surface area (Å²) in [7, 11) is 0. The average molecular weight is 379 g/mol. The second-order valence-corrected chi connectivity index (χ2v) is 5.92. The van der Waals surface area contributed by atoms with Crippen LogP contribution in [-0.4, -0.2) is 16.0 Å². The lowest BCUT2D eigenvalue weighted by Crippen LogP contribution is -2.18. The summed E-state index contributed by atoms with van der Waals surface area (Å²) < 4.78 is 39.2. The van der Waals surface area contributed by atoms with E-state index >= 15 is 0 Å². The predicted molar refractivity (Wildman–Crippen MR) is 90.2 cm³/mol. The van der Waals surface area contributed by atoms with Crippen molar-refractivity contribution in [3.63, 3.8) is 0 Å². The van der Waals surface area contributed by atoms with E-state index in [4.69, 9.17) is 23.2 Å². The highest BCUT2D eigenvalue weighted by Gasteiger charge is 2.34. The Morgan fingerprint density at radius 3 is 2.54 bits per heavy atom. The van der Waals surface area contributed by atoms with Crippen LogP contribution < -0.4 is 10.6 Å². The molecule has 0 aliphatic rings. The van der Waals surface area contributed by atoms with Gasteiger partial charge in [0.1, 0.15) is 5.82 Å². The molecular formula is C15H15Cl2F3N4. The fraction of sp³-hybridized carbons (Fsp3) is 0.333. The van der Waals surface area contributed by atoms with Crippen LogP contribution in [0.15, 0.2) is 24.3 Å². The molecule has 9 heteroatoms. The minimum atomic E-state index is -4.59. The number of aromatic nitrogens is 2. The Balaban J connectivity index is 2.41. The molecule has 1 atom stereocenters. The number of nitrogens with zero attached hydrogens (tertiary/aromatic N) is 2. The van der Waals surface area contributed by atoms with Gasteiger partial charge in [-0.25, -0.2) is 4.98 Å². The summed E-state index contributed by atoms with van der Waals surface area (Å²) in [6.07, 6.45) is -3.88. The van der Waals surface area contributed by atoms with Gasteiger partial charge >= 0.3 is 6.18 Å². The second-order valence-electron chi connectivity index (χ2n) is 5.14. The lowest BCUT2D eigenvalue weighted by molar-refractivity contribution is -0.141. The molecule has 1 aromatic carbocycles. The molecule has 4 nitrogen and oxygen atoms in total. The molecule has 0 spiro atoms. The van der Waals surface area contributed by atoms with E-state index in [-0.39, 0.29) is 27.9 Å². The Morgan fingerprint density at radius 1 is 1.21 bits per heavy atom. The van der Waals surface area contributed by atoms with Crippen LogP contribution in [0.5, 0.6) is 0 Å². The highest BCUT2D eigenvalue weighted by Crippen LogP contribution is 2.34. The van der Waals surface area contributed by atoms with Gasteiger partial charge in [-0.3, -0.25) is 0 Å². The average Bonchev–Trinajstić information content (AvgIpc) is 2.50. The molecule has 2 N–H and O–H groups in total. The summed E-state index contributed by atoms with van der Waals surface area (Å²) in [5.74, 6) is -0.146. The van der Waals surface area contributed by atoms with Gasteiger partial charge in [0, 0.05) is 12.1 Å². The molecule has 1 aromatic heterocycles. The van der Waals surface area contributed by atoms with E-state index in [2.05, 4.69) is 20.6 Å². The maximum atomic E-state index is 13.1. The monoisotopic (exact) mass is 378 g/mol. The zero-order valence-corrected chi connectivity index (χ0v) is 14.4. The predicted octanol–water partition coefficient (Wildman–Crippen LogP) is 5.76.